The predicted octanol–water partition coefficient (Wildman–Crippen LogP) is 4.44. The fourth-order valence-corrected chi connectivity index (χ4v) is 3.02. The number of hydrogen-bond donors (Lipinski definition) is 2. The van der Waals surface area contributed by atoms with Crippen LogP contribution >= 0.6 is 15.9 Å². The summed E-state index contributed by atoms with van der Waals surface area (Å²) >= 11 is 3.38. The van der Waals surface area contributed by atoms with Crippen LogP contribution in [0.1, 0.15) is 21.5 Å². The van der Waals surface area contributed by atoms with Gasteiger partial charge in [0.05, 0.1) is 6.21 Å². The lowest BCUT2D eigenvalue weighted by molar-refractivity contribution is -0.117. The molecule has 0 saturated carbocycles. The van der Waals surface area contributed by atoms with E-state index in [-0.39, 0.29) is 11.6 Å². The number of benzene rings is 3. The molecular formula is C25H23BrN4O2. The van der Waals surface area contributed by atoms with Crippen molar-refractivity contribution in [2.24, 2.45) is 5.10 Å². The van der Waals surface area contributed by atoms with Gasteiger partial charge in [-0.2, -0.15) is 5.10 Å². The smallest absolute Gasteiger partial charge is 0.287 e. The molecule has 0 unspecified atom stereocenters. The van der Waals surface area contributed by atoms with Crippen LogP contribution in [0, 0.1) is 0 Å². The normalized spacial score (nSPS) is 11.3. The lowest BCUT2D eigenvalue weighted by atomic mass is 10.1. The minimum absolute atomic E-state index is 0.0874. The van der Waals surface area contributed by atoms with Crippen LogP contribution in [0.25, 0.3) is 6.08 Å². The molecule has 32 heavy (non-hydrogen) atoms. The van der Waals surface area contributed by atoms with E-state index in [0.717, 1.165) is 21.3 Å². The molecule has 7 heteroatoms. The maximum Gasteiger partial charge on any atom is 0.287 e. The second-order valence-electron chi connectivity index (χ2n) is 7.11. The number of carbonyl (C=O) groups is 2. The summed E-state index contributed by atoms with van der Waals surface area (Å²) in [5.74, 6) is -0.909. The number of hydrogen-bond acceptors (Lipinski definition) is 4. The molecule has 0 spiro atoms. The number of hydrazone groups is 1. The summed E-state index contributed by atoms with van der Waals surface area (Å²) in [4.78, 5) is 27.4. The predicted molar refractivity (Wildman–Crippen MR) is 133 cm³/mol. The number of carbonyl (C=O) groups excluding carboxylic acids is 2. The Bertz CT molecular complexity index is 1120. The quantitative estimate of drug-likeness (QED) is 0.292. The summed E-state index contributed by atoms with van der Waals surface area (Å²) in [7, 11) is 3.90. The standard InChI is InChI=1S/C25H23BrN4O2/c1-30(2)22-14-10-18(11-15-22)16-23(28-24(31)20-6-4-3-5-7-20)25(32)29-27-17-19-8-12-21(26)13-9-19/h3-17H,1-2H3,(H,28,31)(H,29,32)/b23-16+,27-17?. The summed E-state index contributed by atoms with van der Waals surface area (Å²) in [6.45, 7) is 0. The van der Waals surface area contributed by atoms with Gasteiger partial charge in [-0.05, 0) is 53.6 Å². The molecule has 3 aromatic rings. The zero-order chi connectivity index (χ0) is 22.9. The first-order chi connectivity index (χ1) is 15.4. The molecular weight excluding hydrogens is 468 g/mol. The molecule has 0 aromatic heterocycles. The van der Waals surface area contributed by atoms with E-state index in [4.69, 9.17) is 0 Å². The Kier molecular flexibility index (Phi) is 7.94. The van der Waals surface area contributed by atoms with Gasteiger partial charge in [0.15, 0.2) is 0 Å². The van der Waals surface area contributed by atoms with Crippen LogP contribution in [0.4, 0.5) is 5.69 Å². The topological polar surface area (TPSA) is 73.8 Å². The van der Waals surface area contributed by atoms with Gasteiger partial charge in [-0.25, -0.2) is 5.43 Å². The van der Waals surface area contributed by atoms with E-state index >= 15 is 0 Å². The largest absolute Gasteiger partial charge is 0.378 e. The number of rotatable bonds is 7. The number of anilines is 1. The van der Waals surface area contributed by atoms with Crippen LogP contribution < -0.4 is 15.6 Å². The highest BCUT2D eigenvalue weighted by Crippen LogP contribution is 2.15. The summed E-state index contributed by atoms with van der Waals surface area (Å²) in [6.07, 6.45) is 3.15. The van der Waals surface area contributed by atoms with E-state index in [1.165, 1.54) is 6.21 Å². The fraction of sp³-hybridized carbons (Fsp3) is 0.0800. The molecule has 0 fully saturated rings. The van der Waals surface area contributed by atoms with Crippen LogP contribution in [0.5, 0.6) is 0 Å². The van der Waals surface area contributed by atoms with Crippen LogP contribution in [-0.2, 0) is 4.79 Å². The highest BCUT2D eigenvalue weighted by atomic mass is 79.9. The third-order valence-electron chi connectivity index (χ3n) is 4.50. The van der Waals surface area contributed by atoms with Crippen molar-refractivity contribution in [3.63, 3.8) is 0 Å². The van der Waals surface area contributed by atoms with Crippen molar-refractivity contribution in [3.05, 3.63) is 106 Å². The summed E-state index contributed by atoms with van der Waals surface area (Å²) in [6, 6.07) is 23.8. The van der Waals surface area contributed by atoms with Crippen LogP contribution in [0.2, 0.25) is 0 Å². The van der Waals surface area contributed by atoms with Gasteiger partial charge in [0.1, 0.15) is 5.70 Å². The summed E-state index contributed by atoms with van der Waals surface area (Å²) in [5, 5.41) is 6.71. The van der Waals surface area contributed by atoms with Gasteiger partial charge < -0.3 is 10.2 Å². The molecule has 3 aromatic carbocycles. The number of nitrogens with one attached hydrogen (secondary N) is 2. The molecule has 0 saturated heterocycles. The minimum atomic E-state index is -0.528. The Hall–Kier alpha value is -3.71. The van der Waals surface area contributed by atoms with E-state index in [1.807, 2.05) is 73.6 Å². The second-order valence-corrected chi connectivity index (χ2v) is 8.03. The molecule has 0 aliphatic heterocycles. The lowest BCUT2D eigenvalue weighted by Crippen LogP contribution is -2.32. The average Bonchev–Trinajstić information content (AvgIpc) is 2.80. The van der Waals surface area contributed by atoms with Gasteiger partial charge >= 0.3 is 0 Å². The molecule has 3 rings (SSSR count). The minimum Gasteiger partial charge on any atom is -0.378 e. The Morgan fingerprint density at radius 2 is 1.50 bits per heavy atom. The molecule has 0 radical (unpaired) electrons. The molecule has 2 amide bonds. The van der Waals surface area contributed by atoms with Crippen molar-refractivity contribution in [2.45, 2.75) is 0 Å². The maximum atomic E-state index is 12.8. The first-order valence-corrected chi connectivity index (χ1v) is 10.7. The average molecular weight is 491 g/mol. The highest BCUT2D eigenvalue weighted by Gasteiger charge is 2.14. The first kappa shape index (κ1) is 23.0. The zero-order valence-corrected chi connectivity index (χ0v) is 19.3. The molecule has 0 bridgehead atoms. The SMILES string of the molecule is CN(C)c1ccc(/C=C(/NC(=O)c2ccccc2)C(=O)NN=Cc2ccc(Br)cc2)cc1. The van der Waals surface area contributed by atoms with Crippen LogP contribution in [0.3, 0.4) is 0 Å². The summed E-state index contributed by atoms with van der Waals surface area (Å²) in [5.41, 5.74) is 5.64. The molecule has 0 atom stereocenters. The van der Waals surface area contributed by atoms with E-state index in [0.29, 0.717) is 5.56 Å². The zero-order valence-electron chi connectivity index (χ0n) is 17.7. The van der Waals surface area contributed by atoms with Gasteiger partial charge in [-0.15, -0.1) is 0 Å². The third kappa shape index (κ3) is 6.65. The first-order valence-electron chi connectivity index (χ1n) is 9.87. The Balaban J connectivity index is 1.80. The van der Waals surface area contributed by atoms with Crippen molar-refractivity contribution in [1.82, 2.24) is 10.7 Å². The summed E-state index contributed by atoms with van der Waals surface area (Å²) < 4.78 is 0.952. The number of nitrogens with zero attached hydrogens (tertiary/aromatic N) is 2. The molecule has 162 valence electrons. The van der Waals surface area contributed by atoms with Gasteiger partial charge in [-0.3, -0.25) is 9.59 Å². The molecule has 6 nitrogen and oxygen atoms in total. The van der Waals surface area contributed by atoms with Crippen molar-refractivity contribution in [2.75, 3.05) is 19.0 Å². The van der Waals surface area contributed by atoms with Gasteiger partial charge in [0, 0.05) is 29.8 Å². The molecule has 0 heterocycles. The Morgan fingerprint density at radius 1 is 0.875 bits per heavy atom. The highest BCUT2D eigenvalue weighted by molar-refractivity contribution is 9.10. The van der Waals surface area contributed by atoms with Crippen molar-refractivity contribution < 1.29 is 9.59 Å². The van der Waals surface area contributed by atoms with E-state index in [2.05, 4.69) is 31.8 Å². The Morgan fingerprint density at radius 3 is 2.12 bits per heavy atom. The van der Waals surface area contributed by atoms with Crippen LogP contribution in [0.15, 0.2) is 94.1 Å². The van der Waals surface area contributed by atoms with Gasteiger partial charge in [0.25, 0.3) is 11.8 Å². The number of amides is 2. The van der Waals surface area contributed by atoms with Crippen molar-refractivity contribution in [1.29, 1.82) is 0 Å². The van der Waals surface area contributed by atoms with E-state index in [1.54, 1.807) is 30.3 Å². The van der Waals surface area contributed by atoms with Crippen molar-refractivity contribution in [3.8, 4) is 0 Å². The molecule has 0 aliphatic rings. The lowest BCUT2D eigenvalue weighted by Gasteiger charge is -2.12. The van der Waals surface area contributed by atoms with Gasteiger partial charge in [-0.1, -0.05) is 58.4 Å². The maximum absolute atomic E-state index is 12.8. The second kappa shape index (κ2) is 11.1. The number of halogens is 1. The fourth-order valence-electron chi connectivity index (χ4n) is 2.75. The van der Waals surface area contributed by atoms with Crippen molar-refractivity contribution >= 4 is 45.7 Å². The van der Waals surface area contributed by atoms with E-state index < -0.39 is 5.91 Å². The third-order valence-corrected chi connectivity index (χ3v) is 5.03. The van der Waals surface area contributed by atoms with Crippen LogP contribution in [-0.4, -0.2) is 32.1 Å². The van der Waals surface area contributed by atoms with E-state index in [9.17, 15) is 9.59 Å². The Labute approximate surface area is 195 Å². The van der Waals surface area contributed by atoms with Gasteiger partial charge in [0.2, 0.25) is 0 Å². The molecule has 2 N–H and O–H groups in total. The monoisotopic (exact) mass is 490 g/mol. The molecule has 0 aliphatic carbocycles.